The van der Waals surface area contributed by atoms with Crippen LogP contribution in [0.5, 0.6) is 0 Å². The van der Waals surface area contributed by atoms with Crippen molar-refractivity contribution in [3.8, 4) is 44.5 Å². The molecule has 0 N–H and O–H groups in total. The number of nitrogens with zero attached hydrogens (tertiary/aromatic N) is 1. The van der Waals surface area contributed by atoms with Crippen molar-refractivity contribution in [3.05, 3.63) is 199 Å². The van der Waals surface area contributed by atoms with Crippen LogP contribution in [0.4, 0.5) is 17.1 Å². The molecule has 0 amide bonds. The highest BCUT2D eigenvalue weighted by Crippen LogP contribution is 2.56. The van der Waals surface area contributed by atoms with Gasteiger partial charge in [0.15, 0.2) is 0 Å². The van der Waals surface area contributed by atoms with E-state index in [4.69, 9.17) is 0 Å². The van der Waals surface area contributed by atoms with E-state index < -0.39 is 0 Å². The first-order chi connectivity index (χ1) is 24.6. The van der Waals surface area contributed by atoms with Gasteiger partial charge in [0, 0.05) is 22.2 Å². The molecule has 0 spiro atoms. The zero-order valence-electron chi connectivity index (χ0n) is 28.3. The van der Waals surface area contributed by atoms with Gasteiger partial charge in [-0.25, -0.2) is 0 Å². The minimum Gasteiger partial charge on any atom is -0.310 e. The van der Waals surface area contributed by atoms with Crippen LogP contribution in [0, 0.1) is 0 Å². The van der Waals surface area contributed by atoms with Crippen LogP contribution in [0.15, 0.2) is 188 Å². The summed E-state index contributed by atoms with van der Waals surface area (Å²) in [6.07, 6.45) is 0. The second kappa shape index (κ2) is 12.1. The average Bonchev–Trinajstić information content (AvgIpc) is 3.43. The van der Waals surface area contributed by atoms with E-state index in [1.165, 1.54) is 66.4 Å². The average molecular weight is 640 g/mol. The summed E-state index contributed by atoms with van der Waals surface area (Å²) in [6.45, 7) is 4.78. The lowest BCUT2D eigenvalue weighted by molar-refractivity contribution is 0.666. The molecule has 0 saturated carbocycles. The summed E-state index contributed by atoms with van der Waals surface area (Å²) in [7, 11) is 0. The molecule has 8 aromatic carbocycles. The van der Waals surface area contributed by atoms with Crippen LogP contribution in [0.25, 0.3) is 55.3 Å². The summed E-state index contributed by atoms with van der Waals surface area (Å²) in [5.41, 5.74) is 16.1. The molecule has 0 unspecified atom stereocenters. The Kier molecular flexibility index (Phi) is 7.21. The third-order valence-electron chi connectivity index (χ3n) is 10.4. The molecule has 0 aliphatic heterocycles. The number of benzene rings is 8. The highest BCUT2D eigenvalue weighted by molar-refractivity contribution is 6.10. The zero-order valence-corrected chi connectivity index (χ0v) is 28.3. The Morgan fingerprint density at radius 2 is 0.860 bits per heavy atom. The summed E-state index contributed by atoms with van der Waals surface area (Å²) in [4.78, 5) is 2.43. The SMILES string of the molecule is CC1(C)c2ccccc2-c2c(-c3ccccc3)cc3c(N(c4ccc(-c5ccccc5)cc4)c4ccc(-c5ccccc5)cc4)cccc3c21. The lowest BCUT2D eigenvalue weighted by atomic mass is 9.79. The van der Waals surface area contributed by atoms with Crippen molar-refractivity contribution < 1.29 is 0 Å². The second-order valence-electron chi connectivity index (χ2n) is 13.7. The Labute approximate surface area is 294 Å². The monoisotopic (exact) mass is 639 g/mol. The molecule has 0 heterocycles. The summed E-state index contributed by atoms with van der Waals surface area (Å²) >= 11 is 0. The summed E-state index contributed by atoms with van der Waals surface area (Å²) < 4.78 is 0. The number of rotatable bonds is 6. The van der Waals surface area contributed by atoms with E-state index in [1.54, 1.807) is 0 Å². The van der Waals surface area contributed by atoms with Crippen LogP contribution in [0.1, 0.15) is 25.0 Å². The first kappa shape index (κ1) is 29.9. The third kappa shape index (κ3) is 4.94. The standard InChI is InChI=1S/C49H37N/c1-49(2)45-23-13-12-21-42(45)47-43(38-19-10-5-11-20-38)33-44-41(48(47)49)22-14-24-46(44)50(39-29-25-36(26-30-39)34-15-6-3-7-16-34)40-31-27-37(28-32-40)35-17-8-4-9-18-35/h3-33H,1-2H3. The van der Waals surface area contributed by atoms with E-state index >= 15 is 0 Å². The number of hydrogen-bond donors (Lipinski definition) is 0. The molecule has 1 nitrogen and oxygen atoms in total. The van der Waals surface area contributed by atoms with Gasteiger partial charge < -0.3 is 4.90 Å². The van der Waals surface area contributed by atoms with E-state index in [-0.39, 0.29) is 5.41 Å². The van der Waals surface area contributed by atoms with Gasteiger partial charge in [0.2, 0.25) is 0 Å². The zero-order chi connectivity index (χ0) is 33.7. The van der Waals surface area contributed by atoms with Gasteiger partial charge in [-0.3, -0.25) is 0 Å². The lowest BCUT2D eigenvalue weighted by Crippen LogP contribution is -2.16. The normalized spacial score (nSPS) is 12.8. The Morgan fingerprint density at radius 1 is 0.380 bits per heavy atom. The fraction of sp³-hybridized carbons (Fsp3) is 0.0612. The molecular weight excluding hydrogens is 603 g/mol. The van der Waals surface area contributed by atoms with Gasteiger partial charge in [0.25, 0.3) is 0 Å². The van der Waals surface area contributed by atoms with Gasteiger partial charge in [0.05, 0.1) is 5.69 Å². The van der Waals surface area contributed by atoms with Gasteiger partial charge >= 0.3 is 0 Å². The molecular formula is C49H37N. The van der Waals surface area contributed by atoms with E-state index in [2.05, 4.69) is 207 Å². The Balaban J connectivity index is 1.29. The van der Waals surface area contributed by atoms with Crippen molar-refractivity contribution >= 4 is 27.8 Å². The molecule has 238 valence electrons. The van der Waals surface area contributed by atoms with Crippen LogP contribution in [-0.4, -0.2) is 0 Å². The highest BCUT2D eigenvalue weighted by atomic mass is 15.1. The molecule has 0 atom stereocenters. The molecule has 0 saturated heterocycles. The minimum atomic E-state index is -0.160. The van der Waals surface area contributed by atoms with Gasteiger partial charge in [-0.2, -0.15) is 0 Å². The largest absolute Gasteiger partial charge is 0.310 e. The van der Waals surface area contributed by atoms with E-state index in [9.17, 15) is 0 Å². The fourth-order valence-corrected chi connectivity index (χ4v) is 8.05. The number of fused-ring (bicyclic) bond motifs is 5. The first-order valence-corrected chi connectivity index (χ1v) is 17.4. The van der Waals surface area contributed by atoms with Crippen LogP contribution >= 0.6 is 0 Å². The molecule has 1 aliphatic rings. The second-order valence-corrected chi connectivity index (χ2v) is 13.7. The number of hydrogen-bond acceptors (Lipinski definition) is 1. The van der Waals surface area contributed by atoms with Crippen molar-refractivity contribution in [2.45, 2.75) is 19.3 Å². The van der Waals surface area contributed by atoms with Crippen molar-refractivity contribution in [2.75, 3.05) is 4.90 Å². The van der Waals surface area contributed by atoms with Gasteiger partial charge in [0.1, 0.15) is 0 Å². The number of anilines is 3. The van der Waals surface area contributed by atoms with Crippen molar-refractivity contribution in [1.82, 2.24) is 0 Å². The van der Waals surface area contributed by atoms with Crippen molar-refractivity contribution in [1.29, 1.82) is 0 Å². The highest BCUT2D eigenvalue weighted by Gasteiger charge is 2.39. The van der Waals surface area contributed by atoms with Crippen molar-refractivity contribution in [3.63, 3.8) is 0 Å². The van der Waals surface area contributed by atoms with E-state index in [1.807, 2.05) is 0 Å². The molecule has 0 radical (unpaired) electrons. The van der Waals surface area contributed by atoms with Crippen LogP contribution in [0.3, 0.4) is 0 Å². The maximum Gasteiger partial charge on any atom is 0.0540 e. The summed E-state index contributed by atoms with van der Waals surface area (Å²) in [5, 5.41) is 2.54. The quantitative estimate of drug-likeness (QED) is 0.175. The third-order valence-corrected chi connectivity index (χ3v) is 10.4. The van der Waals surface area contributed by atoms with Gasteiger partial charge in [-0.15, -0.1) is 0 Å². The van der Waals surface area contributed by atoms with Gasteiger partial charge in [-0.05, 0) is 97.4 Å². The first-order valence-electron chi connectivity index (χ1n) is 17.4. The molecule has 9 rings (SSSR count). The minimum absolute atomic E-state index is 0.160. The maximum atomic E-state index is 2.45. The van der Waals surface area contributed by atoms with Crippen molar-refractivity contribution in [2.24, 2.45) is 0 Å². The van der Waals surface area contributed by atoms with Crippen LogP contribution < -0.4 is 4.90 Å². The molecule has 8 aromatic rings. The summed E-state index contributed by atoms with van der Waals surface area (Å²) in [5.74, 6) is 0. The van der Waals surface area contributed by atoms with E-state index in [0.29, 0.717) is 0 Å². The molecule has 0 aromatic heterocycles. The molecule has 1 aliphatic carbocycles. The van der Waals surface area contributed by atoms with Gasteiger partial charge in [-0.1, -0.05) is 166 Å². The molecule has 50 heavy (non-hydrogen) atoms. The Bertz CT molecular complexity index is 2380. The predicted octanol–water partition coefficient (Wildman–Crippen LogP) is 13.6. The maximum absolute atomic E-state index is 2.45. The fourth-order valence-electron chi connectivity index (χ4n) is 8.05. The molecule has 0 fully saturated rings. The Hall–Kier alpha value is -6.18. The topological polar surface area (TPSA) is 3.24 Å². The predicted molar refractivity (Wildman–Crippen MR) is 213 cm³/mol. The van der Waals surface area contributed by atoms with Crippen LogP contribution in [-0.2, 0) is 5.41 Å². The summed E-state index contributed by atoms with van der Waals surface area (Å²) in [6, 6.07) is 68.4. The Morgan fingerprint density at radius 3 is 1.42 bits per heavy atom. The molecule has 0 bridgehead atoms. The van der Waals surface area contributed by atoms with E-state index in [0.717, 1.165) is 17.1 Å². The van der Waals surface area contributed by atoms with Crippen LogP contribution in [0.2, 0.25) is 0 Å². The lowest BCUT2D eigenvalue weighted by Gasteiger charge is -2.29. The smallest absolute Gasteiger partial charge is 0.0540 e. The molecule has 1 heteroatoms.